The topological polar surface area (TPSA) is 82.6 Å². The Bertz CT molecular complexity index is 1320. The maximum Gasteiger partial charge on any atom is 0.418 e. The van der Waals surface area contributed by atoms with Crippen molar-refractivity contribution in [1.29, 1.82) is 0 Å². The van der Waals surface area contributed by atoms with E-state index in [4.69, 9.17) is 4.74 Å². The van der Waals surface area contributed by atoms with Gasteiger partial charge in [-0.2, -0.15) is 13.2 Å². The molecule has 0 bridgehead atoms. The maximum atomic E-state index is 13.8. The molecule has 0 saturated carbocycles. The van der Waals surface area contributed by atoms with E-state index < -0.39 is 17.6 Å². The molecule has 2 saturated heterocycles. The van der Waals surface area contributed by atoms with Gasteiger partial charge in [-0.3, -0.25) is 4.79 Å². The van der Waals surface area contributed by atoms with E-state index in [0.29, 0.717) is 17.1 Å². The van der Waals surface area contributed by atoms with Crippen LogP contribution < -0.4 is 10.1 Å². The Morgan fingerprint density at radius 3 is 2.94 bits per heavy atom. The summed E-state index contributed by atoms with van der Waals surface area (Å²) in [5.41, 5.74) is 0.215. The van der Waals surface area contributed by atoms with Gasteiger partial charge >= 0.3 is 6.18 Å². The molecule has 2 N–H and O–H groups in total. The van der Waals surface area contributed by atoms with Crippen molar-refractivity contribution >= 4 is 45.6 Å². The fraction of sp³-hybridized carbons (Fsp3) is 0.261. The molecule has 4 heterocycles. The van der Waals surface area contributed by atoms with Gasteiger partial charge in [-0.05, 0) is 61.6 Å². The van der Waals surface area contributed by atoms with Crippen LogP contribution in [0, 0.1) is 0 Å². The number of hydrogen-bond donors (Lipinski definition) is 2. The van der Waals surface area contributed by atoms with E-state index in [1.807, 2.05) is 13.1 Å². The van der Waals surface area contributed by atoms with Crippen molar-refractivity contribution < 1.29 is 22.7 Å². The summed E-state index contributed by atoms with van der Waals surface area (Å²) in [6, 6.07) is 7.35. The van der Waals surface area contributed by atoms with E-state index in [1.165, 1.54) is 12.1 Å². The molecule has 3 aromatic rings. The standard InChI is InChI=1S/C23H20F3N5O2S/c1-31-8-6-15(12-31)33-14-4-5-18(17(10-14)23(24,25)26)29-22-30-21(32)19(34-22)9-13-11-28-20-16(13)3-2-7-27-20/h2-5,7,9-11,15H,6,8,12H2,1H3,(H,27,28)(H,29,30,32). The van der Waals surface area contributed by atoms with Crippen molar-refractivity contribution in [2.24, 2.45) is 4.99 Å². The third-order valence-corrected chi connectivity index (χ3v) is 6.48. The van der Waals surface area contributed by atoms with E-state index in [2.05, 4.69) is 25.2 Å². The maximum absolute atomic E-state index is 13.8. The van der Waals surface area contributed by atoms with Crippen molar-refractivity contribution in [2.75, 3.05) is 20.1 Å². The van der Waals surface area contributed by atoms with E-state index in [0.717, 1.165) is 41.7 Å². The molecule has 5 rings (SSSR count). The van der Waals surface area contributed by atoms with E-state index >= 15 is 0 Å². The number of fused-ring (bicyclic) bond motifs is 1. The number of amides is 1. The lowest BCUT2D eigenvalue weighted by molar-refractivity contribution is -0.137. The number of aromatic amines is 1. The predicted octanol–water partition coefficient (Wildman–Crippen LogP) is 4.56. The molecule has 2 aliphatic heterocycles. The Balaban J connectivity index is 1.41. The first-order valence-corrected chi connectivity index (χ1v) is 11.4. The molecular weight excluding hydrogens is 467 g/mol. The highest BCUT2D eigenvalue weighted by Gasteiger charge is 2.35. The minimum absolute atomic E-state index is 0.0748. The molecule has 0 aliphatic carbocycles. The lowest BCUT2D eigenvalue weighted by Crippen LogP contribution is -2.21. The van der Waals surface area contributed by atoms with Gasteiger partial charge in [0.1, 0.15) is 17.5 Å². The number of thioether (sulfide) groups is 1. The molecule has 176 valence electrons. The first-order chi connectivity index (χ1) is 16.3. The van der Waals surface area contributed by atoms with Gasteiger partial charge < -0.3 is 19.9 Å². The number of carbonyl (C=O) groups is 1. The van der Waals surface area contributed by atoms with Crippen molar-refractivity contribution in [2.45, 2.75) is 18.7 Å². The minimum Gasteiger partial charge on any atom is -0.489 e. The zero-order valence-electron chi connectivity index (χ0n) is 18.0. The van der Waals surface area contributed by atoms with Gasteiger partial charge in [0.25, 0.3) is 5.91 Å². The number of rotatable bonds is 4. The smallest absolute Gasteiger partial charge is 0.418 e. The van der Waals surface area contributed by atoms with Crippen LogP contribution in [0.1, 0.15) is 17.5 Å². The highest BCUT2D eigenvalue weighted by atomic mass is 32.2. The summed E-state index contributed by atoms with van der Waals surface area (Å²) < 4.78 is 47.1. The van der Waals surface area contributed by atoms with Crippen LogP contribution in [0.4, 0.5) is 18.9 Å². The summed E-state index contributed by atoms with van der Waals surface area (Å²) in [5.74, 6) is -0.283. The molecule has 7 nitrogen and oxygen atoms in total. The second-order valence-corrected chi connectivity index (χ2v) is 9.12. The molecule has 11 heteroatoms. The molecule has 0 spiro atoms. The average molecular weight is 488 g/mol. The summed E-state index contributed by atoms with van der Waals surface area (Å²) in [4.78, 5) is 26.2. The second kappa shape index (κ2) is 8.80. The summed E-state index contributed by atoms with van der Waals surface area (Å²) in [7, 11) is 1.94. The largest absolute Gasteiger partial charge is 0.489 e. The number of aliphatic imine (C=N–C) groups is 1. The Labute approximate surface area is 197 Å². The minimum atomic E-state index is -4.63. The number of H-pyrrole nitrogens is 1. The van der Waals surface area contributed by atoms with Crippen LogP contribution in [-0.2, 0) is 11.0 Å². The Morgan fingerprint density at radius 2 is 2.18 bits per heavy atom. The van der Waals surface area contributed by atoms with Gasteiger partial charge in [0, 0.05) is 36.4 Å². The molecule has 1 amide bonds. The number of benzene rings is 1. The lowest BCUT2D eigenvalue weighted by atomic mass is 10.1. The summed E-state index contributed by atoms with van der Waals surface area (Å²) in [6.45, 7) is 1.50. The Kier molecular flexibility index (Phi) is 5.82. The van der Waals surface area contributed by atoms with Crippen LogP contribution in [0.25, 0.3) is 17.1 Å². The van der Waals surface area contributed by atoms with Crippen LogP contribution in [0.5, 0.6) is 5.75 Å². The van der Waals surface area contributed by atoms with Crippen molar-refractivity contribution in [3.8, 4) is 5.75 Å². The molecular formula is C23H20F3N5O2S. The number of likely N-dealkylation sites (N-methyl/N-ethyl adjacent to an activating group) is 1. The third kappa shape index (κ3) is 4.66. The average Bonchev–Trinajstić information content (AvgIpc) is 3.48. The van der Waals surface area contributed by atoms with E-state index in [1.54, 1.807) is 24.5 Å². The zero-order chi connectivity index (χ0) is 23.9. The number of hydrogen-bond acceptors (Lipinski definition) is 6. The van der Waals surface area contributed by atoms with Gasteiger partial charge in [0.2, 0.25) is 0 Å². The van der Waals surface area contributed by atoms with Crippen molar-refractivity contribution in [1.82, 2.24) is 20.2 Å². The quantitative estimate of drug-likeness (QED) is 0.528. The lowest BCUT2D eigenvalue weighted by Gasteiger charge is -2.16. The number of alkyl halides is 3. The summed E-state index contributed by atoms with van der Waals surface area (Å²) in [6.07, 6.45) is 0.999. The molecule has 2 aromatic heterocycles. The van der Waals surface area contributed by atoms with Crippen LogP contribution in [0.15, 0.2) is 52.6 Å². The summed E-state index contributed by atoms with van der Waals surface area (Å²) >= 11 is 0.982. The third-order valence-electron chi connectivity index (χ3n) is 5.57. The predicted molar refractivity (Wildman–Crippen MR) is 125 cm³/mol. The SMILES string of the molecule is CN1CCC(Oc2ccc(N=C3NC(=O)C(=Cc4c[nH]c5ncccc45)S3)c(C(F)(F)F)c2)C1. The Morgan fingerprint density at radius 1 is 1.32 bits per heavy atom. The highest BCUT2D eigenvalue weighted by Crippen LogP contribution is 2.40. The number of nitrogens with zero attached hydrogens (tertiary/aromatic N) is 3. The number of amidine groups is 1. The highest BCUT2D eigenvalue weighted by molar-refractivity contribution is 8.18. The molecule has 1 aromatic carbocycles. The number of pyridine rings is 1. The van der Waals surface area contributed by atoms with Gasteiger partial charge in [-0.25, -0.2) is 9.98 Å². The first kappa shape index (κ1) is 22.5. The fourth-order valence-corrected chi connectivity index (χ4v) is 4.75. The number of aromatic nitrogens is 2. The van der Waals surface area contributed by atoms with Crippen LogP contribution in [0.3, 0.4) is 0 Å². The second-order valence-electron chi connectivity index (χ2n) is 8.09. The number of carbonyl (C=O) groups excluding carboxylic acids is 1. The van der Waals surface area contributed by atoms with Crippen molar-refractivity contribution in [3.63, 3.8) is 0 Å². The molecule has 34 heavy (non-hydrogen) atoms. The first-order valence-electron chi connectivity index (χ1n) is 10.5. The monoisotopic (exact) mass is 487 g/mol. The van der Waals surface area contributed by atoms with Gasteiger partial charge in [0.05, 0.1) is 16.2 Å². The van der Waals surface area contributed by atoms with E-state index in [-0.39, 0.29) is 22.7 Å². The Hall–Kier alpha value is -3.31. The molecule has 1 unspecified atom stereocenters. The number of likely N-dealkylation sites (tertiary alicyclic amines) is 1. The number of halogens is 3. The fourth-order valence-electron chi connectivity index (χ4n) is 3.92. The van der Waals surface area contributed by atoms with Crippen molar-refractivity contribution in [3.05, 3.63) is 58.8 Å². The molecule has 2 aliphatic rings. The molecule has 0 radical (unpaired) electrons. The van der Waals surface area contributed by atoms with Gasteiger partial charge in [-0.1, -0.05) is 0 Å². The van der Waals surface area contributed by atoms with E-state index in [9.17, 15) is 18.0 Å². The van der Waals surface area contributed by atoms with Crippen LogP contribution in [-0.4, -0.2) is 52.2 Å². The van der Waals surface area contributed by atoms with Crippen LogP contribution in [0.2, 0.25) is 0 Å². The van der Waals surface area contributed by atoms with Gasteiger partial charge in [-0.15, -0.1) is 0 Å². The molecule has 1 atom stereocenters. The summed E-state index contributed by atoms with van der Waals surface area (Å²) in [5, 5.41) is 3.45. The van der Waals surface area contributed by atoms with Crippen LogP contribution >= 0.6 is 11.8 Å². The van der Waals surface area contributed by atoms with Gasteiger partial charge in [0.15, 0.2) is 5.17 Å². The zero-order valence-corrected chi connectivity index (χ0v) is 18.8. The number of nitrogens with one attached hydrogen (secondary N) is 2. The number of ether oxygens (including phenoxy) is 1. The molecule has 2 fully saturated rings. The normalized spacial score (nSPS) is 21.6.